The van der Waals surface area contributed by atoms with Crippen molar-refractivity contribution in [3.8, 4) is 0 Å². The van der Waals surface area contributed by atoms with Crippen LogP contribution >= 0.6 is 11.3 Å². The van der Waals surface area contributed by atoms with Crippen LogP contribution in [0.3, 0.4) is 0 Å². The van der Waals surface area contributed by atoms with E-state index in [1.54, 1.807) is 19.1 Å². The second-order valence-corrected chi connectivity index (χ2v) is 5.88. The van der Waals surface area contributed by atoms with Crippen molar-refractivity contribution in [2.75, 3.05) is 19.0 Å². The summed E-state index contributed by atoms with van der Waals surface area (Å²) in [6.45, 7) is 1.56. The van der Waals surface area contributed by atoms with Gasteiger partial charge in [-0.1, -0.05) is 0 Å². The molecule has 0 saturated carbocycles. The van der Waals surface area contributed by atoms with Crippen molar-refractivity contribution < 1.29 is 28.6 Å². The molecular formula is C15H16N2O6S. The molecule has 2 aromatic heterocycles. The number of carbonyl (C=O) groups is 3. The summed E-state index contributed by atoms with van der Waals surface area (Å²) in [7, 11) is 1.25. The predicted octanol–water partition coefficient (Wildman–Crippen LogP) is 1.73. The van der Waals surface area contributed by atoms with Gasteiger partial charge in [-0.05, 0) is 30.7 Å². The fraction of sp³-hybridized carbons (Fsp3) is 0.267. The van der Waals surface area contributed by atoms with Gasteiger partial charge in [0.1, 0.15) is 0 Å². The van der Waals surface area contributed by atoms with E-state index in [2.05, 4.69) is 10.6 Å². The van der Waals surface area contributed by atoms with Crippen LogP contribution in [-0.4, -0.2) is 42.6 Å². The number of carboxylic acids is 1. The van der Waals surface area contributed by atoms with Gasteiger partial charge in [0.15, 0.2) is 11.9 Å². The molecule has 0 saturated heterocycles. The maximum atomic E-state index is 12.2. The number of thiophene rings is 1. The molecule has 0 fully saturated rings. The fourth-order valence-electron chi connectivity index (χ4n) is 1.89. The molecule has 1 atom stereocenters. The lowest BCUT2D eigenvalue weighted by atomic mass is 10.2. The zero-order chi connectivity index (χ0) is 17.7. The number of amides is 2. The number of furan rings is 1. The van der Waals surface area contributed by atoms with Crippen LogP contribution in [0.2, 0.25) is 0 Å². The summed E-state index contributed by atoms with van der Waals surface area (Å²) < 4.78 is 9.74. The highest BCUT2D eigenvalue weighted by Crippen LogP contribution is 2.27. The van der Waals surface area contributed by atoms with E-state index in [4.69, 9.17) is 14.3 Å². The van der Waals surface area contributed by atoms with Crippen molar-refractivity contribution >= 4 is 34.1 Å². The topological polar surface area (TPSA) is 118 Å². The first kappa shape index (κ1) is 17.7. The summed E-state index contributed by atoms with van der Waals surface area (Å²) in [5.74, 6) is -1.85. The Morgan fingerprint density at radius 3 is 2.71 bits per heavy atom. The Morgan fingerprint density at radius 1 is 1.38 bits per heavy atom. The minimum atomic E-state index is -1.16. The number of anilines is 1. The third kappa shape index (κ3) is 4.21. The molecule has 128 valence electrons. The molecule has 0 radical (unpaired) electrons. The number of rotatable bonds is 7. The van der Waals surface area contributed by atoms with Gasteiger partial charge in [-0.15, -0.1) is 11.3 Å². The Kier molecular flexibility index (Phi) is 5.72. The molecule has 1 unspecified atom stereocenters. The molecule has 0 bridgehead atoms. The zero-order valence-electron chi connectivity index (χ0n) is 13.0. The SMILES string of the molecule is COC(CNC(=O)c1sc(NC(=O)c2ccco2)cc1C)C(=O)O. The first-order chi connectivity index (χ1) is 11.4. The van der Waals surface area contributed by atoms with Gasteiger partial charge in [-0.25, -0.2) is 4.79 Å². The van der Waals surface area contributed by atoms with E-state index in [0.717, 1.165) is 11.3 Å². The summed E-state index contributed by atoms with van der Waals surface area (Å²) in [6.07, 6.45) is 0.273. The van der Waals surface area contributed by atoms with Crippen LogP contribution in [-0.2, 0) is 9.53 Å². The molecule has 24 heavy (non-hydrogen) atoms. The van der Waals surface area contributed by atoms with Crippen molar-refractivity contribution in [1.29, 1.82) is 0 Å². The largest absolute Gasteiger partial charge is 0.479 e. The molecule has 2 rings (SSSR count). The second kappa shape index (κ2) is 7.75. The number of aryl methyl sites for hydroxylation is 1. The number of carboxylic acid groups (broad SMARTS) is 1. The van der Waals surface area contributed by atoms with Gasteiger partial charge in [0.05, 0.1) is 22.7 Å². The number of carbonyl (C=O) groups excluding carboxylic acids is 2. The maximum Gasteiger partial charge on any atom is 0.334 e. The molecular weight excluding hydrogens is 336 g/mol. The van der Waals surface area contributed by atoms with Crippen molar-refractivity contribution in [2.24, 2.45) is 0 Å². The van der Waals surface area contributed by atoms with Gasteiger partial charge in [0.25, 0.3) is 11.8 Å². The monoisotopic (exact) mass is 352 g/mol. The van der Waals surface area contributed by atoms with Gasteiger partial charge in [0, 0.05) is 7.11 Å². The van der Waals surface area contributed by atoms with Crippen molar-refractivity contribution in [1.82, 2.24) is 5.32 Å². The number of ether oxygens (including phenoxy) is 1. The quantitative estimate of drug-likeness (QED) is 0.698. The lowest BCUT2D eigenvalue weighted by Gasteiger charge is -2.11. The highest BCUT2D eigenvalue weighted by molar-refractivity contribution is 7.18. The van der Waals surface area contributed by atoms with E-state index < -0.39 is 23.9 Å². The lowest BCUT2D eigenvalue weighted by Crippen LogP contribution is -2.37. The van der Waals surface area contributed by atoms with Crippen LogP contribution in [0.5, 0.6) is 0 Å². The zero-order valence-corrected chi connectivity index (χ0v) is 13.8. The van der Waals surface area contributed by atoms with E-state index in [9.17, 15) is 14.4 Å². The average molecular weight is 352 g/mol. The Balaban J connectivity index is 2.01. The Hall–Kier alpha value is -2.65. The molecule has 2 amide bonds. The first-order valence-corrected chi connectivity index (χ1v) is 7.73. The van der Waals surface area contributed by atoms with Gasteiger partial charge < -0.3 is 24.9 Å². The maximum absolute atomic E-state index is 12.2. The van der Waals surface area contributed by atoms with E-state index >= 15 is 0 Å². The minimum absolute atomic E-state index is 0.157. The second-order valence-electron chi connectivity index (χ2n) is 4.83. The number of aliphatic carboxylic acids is 1. The van der Waals surface area contributed by atoms with Crippen molar-refractivity contribution in [2.45, 2.75) is 13.0 Å². The van der Waals surface area contributed by atoms with Gasteiger partial charge >= 0.3 is 5.97 Å². The summed E-state index contributed by atoms with van der Waals surface area (Å²) >= 11 is 1.09. The smallest absolute Gasteiger partial charge is 0.334 e. The number of hydrogen-bond donors (Lipinski definition) is 3. The van der Waals surface area contributed by atoms with Crippen LogP contribution in [0.4, 0.5) is 5.00 Å². The molecule has 2 heterocycles. The highest BCUT2D eigenvalue weighted by atomic mass is 32.1. The molecule has 9 heteroatoms. The van der Waals surface area contributed by atoms with Crippen LogP contribution in [0.1, 0.15) is 25.8 Å². The molecule has 0 aromatic carbocycles. The van der Waals surface area contributed by atoms with E-state index in [0.29, 0.717) is 15.4 Å². The van der Waals surface area contributed by atoms with E-state index in [1.165, 1.54) is 19.4 Å². The third-order valence-corrected chi connectivity index (χ3v) is 4.26. The Labute approximate surface area is 141 Å². The molecule has 0 spiro atoms. The summed E-state index contributed by atoms with van der Waals surface area (Å²) in [5.41, 5.74) is 0.663. The average Bonchev–Trinajstić information content (AvgIpc) is 3.17. The Bertz CT molecular complexity index is 737. The summed E-state index contributed by atoms with van der Waals surface area (Å²) in [4.78, 5) is 35.3. The summed E-state index contributed by atoms with van der Waals surface area (Å²) in [5, 5.41) is 14.5. The number of hydrogen-bond acceptors (Lipinski definition) is 6. The van der Waals surface area contributed by atoms with E-state index in [-0.39, 0.29) is 12.3 Å². The van der Waals surface area contributed by atoms with Gasteiger partial charge in [0.2, 0.25) is 0 Å². The molecule has 3 N–H and O–H groups in total. The van der Waals surface area contributed by atoms with Crippen LogP contribution in [0, 0.1) is 6.92 Å². The standard InChI is InChI=1S/C15H16N2O6S/c1-8-6-11(17-13(18)9-4-3-5-23-9)24-12(8)14(19)16-7-10(22-2)15(20)21/h3-6,10H,7H2,1-2H3,(H,16,19)(H,17,18)(H,20,21). The molecule has 8 nitrogen and oxygen atoms in total. The summed E-state index contributed by atoms with van der Waals surface area (Å²) in [6, 6.07) is 4.79. The minimum Gasteiger partial charge on any atom is -0.479 e. The lowest BCUT2D eigenvalue weighted by molar-refractivity contribution is -0.148. The highest BCUT2D eigenvalue weighted by Gasteiger charge is 2.20. The Morgan fingerprint density at radius 2 is 2.12 bits per heavy atom. The van der Waals surface area contributed by atoms with Gasteiger partial charge in [-0.3, -0.25) is 9.59 Å². The molecule has 0 aliphatic rings. The molecule has 0 aliphatic heterocycles. The number of nitrogens with one attached hydrogen (secondary N) is 2. The van der Waals surface area contributed by atoms with Crippen molar-refractivity contribution in [3.63, 3.8) is 0 Å². The van der Waals surface area contributed by atoms with Crippen LogP contribution in [0.15, 0.2) is 28.9 Å². The number of methoxy groups -OCH3 is 1. The predicted molar refractivity (Wildman–Crippen MR) is 86.5 cm³/mol. The van der Waals surface area contributed by atoms with Crippen LogP contribution < -0.4 is 10.6 Å². The van der Waals surface area contributed by atoms with E-state index in [1.807, 2.05) is 0 Å². The van der Waals surface area contributed by atoms with Crippen LogP contribution in [0.25, 0.3) is 0 Å². The molecule has 0 aliphatic carbocycles. The normalized spacial score (nSPS) is 11.8. The van der Waals surface area contributed by atoms with Gasteiger partial charge in [-0.2, -0.15) is 0 Å². The van der Waals surface area contributed by atoms with Crippen molar-refractivity contribution in [3.05, 3.63) is 40.7 Å². The third-order valence-electron chi connectivity index (χ3n) is 3.11. The fourth-order valence-corrected chi connectivity index (χ4v) is 2.87. The first-order valence-electron chi connectivity index (χ1n) is 6.91. The molecule has 2 aromatic rings.